The Kier molecular flexibility index (Phi) is 6.49. The molecule has 0 amide bonds. The zero-order valence-electron chi connectivity index (χ0n) is 20.7. The summed E-state index contributed by atoms with van der Waals surface area (Å²) in [6.45, 7) is 6.27. The normalized spacial score (nSPS) is 19.1. The van der Waals surface area contributed by atoms with Crippen molar-refractivity contribution < 1.29 is 9.53 Å². The van der Waals surface area contributed by atoms with Crippen LogP contribution in [0.3, 0.4) is 0 Å². The third kappa shape index (κ3) is 4.51. The molecule has 2 atom stereocenters. The van der Waals surface area contributed by atoms with Gasteiger partial charge in [0.15, 0.2) is 5.78 Å². The third-order valence-corrected chi connectivity index (χ3v) is 7.23. The molecule has 1 aliphatic carbocycles. The second-order valence-corrected chi connectivity index (χ2v) is 9.21. The number of nitrogens with zero attached hydrogens (tertiary/aromatic N) is 1. The summed E-state index contributed by atoms with van der Waals surface area (Å²) in [7, 11) is 1.68. The van der Waals surface area contributed by atoms with Crippen molar-refractivity contribution in [1.29, 1.82) is 0 Å². The molecule has 3 aromatic carbocycles. The van der Waals surface area contributed by atoms with Crippen LogP contribution in [-0.4, -0.2) is 26.0 Å². The zero-order valence-corrected chi connectivity index (χ0v) is 20.7. The Morgan fingerprint density at radius 3 is 2.34 bits per heavy atom. The predicted molar refractivity (Wildman–Crippen MR) is 143 cm³/mol. The van der Waals surface area contributed by atoms with E-state index < -0.39 is 0 Å². The van der Waals surface area contributed by atoms with Crippen LogP contribution in [0.5, 0.6) is 5.75 Å². The second kappa shape index (κ2) is 9.87. The molecule has 2 N–H and O–H groups in total. The van der Waals surface area contributed by atoms with Crippen LogP contribution in [0.25, 0.3) is 0 Å². The lowest BCUT2D eigenvalue weighted by molar-refractivity contribution is -0.116. The highest BCUT2D eigenvalue weighted by atomic mass is 16.5. The molecule has 0 radical (unpaired) electrons. The Morgan fingerprint density at radius 2 is 1.63 bits per heavy atom. The summed E-state index contributed by atoms with van der Waals surface area (Å²) in [6.07, 6.45) is 1.26. The maximum Gasteiger partial charge on any atom is 0.163 e. The number of Topliss-reactive ketones (excluding diaryl/α,β-unsaturated/α-hetero) is 1. The fourth-order valence-electron chi connectivity index (χ4n) is 5.34. The van der Waals surface area contributed by atoms with E-state index in [0.29, 0.717) is 6.42 Å². The Balaban J connectivity index is 1.55. The van der Waals surface area contributed by atoms with Gasteiger partial charge < -0.3 is 20.3 Å². The molecule has 5 nitrogen and oxygen atoms in total. The number of ether oxygens (including phenoxy) is 1. The van der Waals surface area contributed by atoms with E-state index in [1.807, 2.05) is 24.3 Å². The fraction of sp³-hybridized carbons (Fsp3) is 0.300. The molecule has 0 spiro atoms. The van der Waals surface area contributed by atoms with Gasteiger partial charge in [0.2, 0.25) is 0 Å². The lowest BCUT2D eigenvalue weighted by Crippen LogP contribution is -2.27. The van der Waals surface area contributed by atoms with Crippen molar-refractivity contribution in [2.24, 2.45) is 0 Å². The van der Waals surface area contributed by atoms with Crippen LogP contribution >= 0.6 is 0 Å². The van der Waals surface area contributed by atoms with E-state index in [0.717, 1.165) is 59.0 Å². The number of benzene rings is 3. The van der Waals surface area contributed by atoms with Gasteiger partial charge >= 0.3 is 0 Å². The van der Waals surface area contributed by atoms with Gasteiger partial charge in [0, 0.05) is 36.5 Å². The second-order valence-electron chi connectivity index (χ2n) is 9.21. The lowest BCUT2D eigenvalue weighted by Gasteiger charge is -2.30. The van der Waals surface area contributed by atoms with Crippen LogP contribution in [-0.2, 0) is 4.79 Å². The van der Waals surface area contributed by atoms with Crippen molar-refractivity contribution in [3.05, 3.63) is 95.2 Å². The highest BCUT2D eigenvalue weighted by molar-refractivity contribution is 6.01. The van der Waals surface area contributed by atoms with E-state index >= 15 is 0 Å². The van der Waals surface area contributed by atoms with Gasteiger partial charge in [0.25, 0.3) is 0 Å². The van der Waals surface area contributed by atoms with Gasteiger partial charge in [-0.3, -0.25) is 4.79 Å². The number of para-hydroxylation sites is 2. The summed E-state index contributed by atoms with van der Waals surface area (Å²) in [5, 5.41) is 7.30. The Hall–Kier alpha value is -3.73. The first-order chi connectivity index (χ1) is 17.1. The number of carbonyl (C=O) groups excluding carboxylic acids is 1. The summed E-state index contributed by atoms with van der Waals surface area (Å²) in [5.41, 5.74) is 7.29. The quantitative estimate of drug-likeness (QED) is 0.432. The number of methoxy groups -OCH3 is 1. The van der Waals surface area contributed by atoms with Gasteiger partial charge in [-0.15, -0.1) is 0 Å². The van der Waals surface area contributed by atoms with Crippen molar-refractivity contribution in [2.45, 2.75) is 38.6 Å². The summed E-state index contributed by atoms with van der Waals surface area (Å²) < 4.78 is 5.44. The first kappa shape index (κ1) is 23.0. The fourth-order valence-corrected chi connectivity index (χ4v) is 5.34. The van der Waals surface area contributed by atoms with Gasteiger partial charge in [-0.05, 0) is 73.7 Å². The maximum absolute atomic E-state index is 13.7. The molecule has 2 aliphatic rings. The maximum atomic E-state index is 13.7. The number of nitrogens with one attached hydrogen (secondary N) is 2. The standard InChI is InChI=1S/C30H33N3O2/c1-4-33(5-2)23-15-13-20(14-16-23)30-29-27(31-25-11-6-7-12-26(25)32-30)18-22(19-28(29)34)21-9-8-10-24(17-21)35-3/h6-17,22,30-32H,4-5,18-19H2,1-3H3/t22-,30+/m1/s1. The third-order valence-electron chi connectivity index (χ3n) is 7.23. The number of fused-ring (bicyclic) bond motifs is 1. The van der Waals surface area contributed by atoms with Gasteiger partial charge in [0.05, 0.1) is 24.5 Å². The van der Waals surface area contributed by atoms with Crippen LogP contribution in [0.4, 0.5) is 17.1 Å². The van der Waals surface area contributed by atoms with Gasteiger partial charge in [-0.25, -0.2) is 0 Å². The molecule has 1 heterocycles. The minimum absolute atomic E-state index is 0.111. The molecule has 0 aromatic heterocycles. The van der Waals surface area contributed by atoms with Crippen LogP contribution in [0, 0.1) is 0 Å². The molecule has 0 bridgehead atoms. The Morgan fingerprint density at radius 1 is 0.886 bits per heavy atom. The SMILES string of the molecule is CCN(CC)c1ccc([C@@H]2Nc3ccccc3NC3=C2C(=O)C[C@H](c2cccc(OC)c2)C3)cc1. The van der Waals surface area contributed by atoms with E-state index in [2.05, 4.69) is 77.9 Å². The molecule has 0 fully saturated rings. The number of hydrogen-bond acceptors (Lipinski definition) is 5. The molecule has 0 saturated carbocycles. The minimum atomic E-state index is -0.203. The van der Waals surface area contributed by atoms with Crippen LogP contribution in [0.2, 0.25) is 0 Å². The van der Waals surface area contributed by atoms with E-state index in [4.69, 9.17) is 4.74 Å². The topological polar surface area (TPSA) is 53.6 Å². The van der Waals surface area contributed by atoms with E-state index in [1.165, 1.54) is 5.69 Å². The molecular weight excluding hydrogens is 434 g/mol. The number of carbonyl (C=O) groups is 1. The Labute approximate surface area is 207 Å². The molecule has 3 aromatic rings. The average molecular weight is 468 g/mol. The van der Waals surface area contributed by atoms with Crippen molar-refractivity contribution in [2.75, 3.05) is 35.7 Å². The predicted octanol–water partition coefficient (Wildman–Crippen LogP) is 6.52. The minimum Gasteiger partial charge on any atom is -0.497 e. The monoisotopic (exact) mass is 467 g/mol. The highest BCUT2D eigenvalue weighted by Crippen LogP contribution is 2.44. The van der Waals surface area contributed by atoms with Gasteiger partial charge in [-0.1, -0.05) is 36.4 Å². The number of hydrogen-bond donors (Lipinski definition) is 2. The Bertz CT molecular complexity index is 1240. The average Bonchev–Trinajstić information content (AvgIpc) is 3.07. The molecule has 5 heteroatoms. The largest absolute Gasteiger partial charge is 0.497 e. The van der Waals surface area contributed by atoms with Gasteiger partial charge in [0.1, 0.15) is 5.75 Å². The lowest BCUT2D eigenvalue weighted by atomic mass is 9.78. The molecule has 5 rings (SSSR count). The van der Waals surface area contributed by atoms with Crippen LogP contribution in [0.1, 0.15) is 49.8 Å². The first-order valence-electron chi connectivity index (χ1n) is 12.5. The van der Waals surface area contributed by atoms with Crippen LogP contribution in [0.15, 0.2) is 84.1 Å². The highest BCUT2D eigenvalue weighted by Gasteiger charge is 2.36. The molecule has 1 aliphatic heterocycles. The first-order valence-corrected chi connectivity index (χ1v) is 12.5. The summed E-state index contributed by atoms with van der Waals surface area (Å²) in [6, 6.07) is 24.7. The van der Waals surface area contributed by atoms with Crippen molar-refractivity contribution in [1.82, 2.24) is 0 Å². The van der Waals surface area contributed by atoms with E-state index in [-0.39, 0.29) is 17.7 Å². The number of anilines is 3. The van der Waals surface area contributed by atoms with Crippen molar-refractivity contribution in [3.8, 4) is 5.75 Å². The zero-order chi connectivity index (χ0) is 24.4. The van der Waals surface area contributed by atoms with Gasteiger partial charge in [-0.2, -0.15) is 0 Å². The smallest absolute Gasteiger partial charge is 0.163 e. The van der Waals surface area contributed by atoms with Crippen molar-refractivity contribution >= 4 is 22.8 Å². The number of ketones is 1. The molecular formula is C30H33N3O2. The molecule has 35 heavy (non-hydrogen) atoms. The molecule has 0 saturated heterocycles. The van der Waals surface area contributed by atoms with E-state index in [9.17, 15) is 4.79 Å². The number of allylic oxidation sites excluding steroid dienone is 1. The van der Waals surface area contributed by atoms with Crippen LogP contribution < -0.4 is 20.3 Å². The number of rotatable bonds is 6. The van der Waals surface area contributed by atoms with E-state index in [1.54, 1.807) is 7.11 Å². The molecule has 0 unspecified atom stereocenters. The summed E-state index contributed by atoms with van der Waals surface area (Å²) in [4.78, 5) is 16.1. The summed E-state index contributed by atoms with van der Waals surface area (Å²) in [5.74, 6) is 1.12. The summed E-state index contributed by atoms with van der Waals surface area (Å²) >= 11 is 0. The van der Waals surface area contributed by atoms with Crippen molar-refractivity contribution in [3.63, 3.8) is 0 Å². The molecule has 180 valence electrons.